The number of thiazole rings is 1. The van der Waals surface area contributed by atoms with Crippen molar-refractivity contribution in [2.45, 2.75) is 12.6 Å². The molecule has 0 saturated carbocycles. The van der Waals surface area contributed by atoms with Crippen LogP contribution in [0.5, 0.6) is 0 Å². The van der Waals surface area contributed by atoms with Gasteiger partial charge in [0.1, 0.15) is 5.69 Å². The Hall–Kier alpha value is -1.37. The van der Waals surface area contributed by atoms with Gasteiger partial charge in [0.15, 0.2) is 0 Å². The molecule has 0 aliphatic heterocycles. The van der Waals surface area contributed by atoms with E-state index in [1.165, 1.54) is 17.5 Å². The summed E-state index contributed by atoms with van der Waals surface area (Å²) in [5, 5.41) is 7.73. The molecule has 0 bridgehead atoms. The summed E-state index contributed by atoms with van der Waals surface area (Å²) in [4.78, 5) is 3.92. The van der Waals surface area contributed by atoms with E-state index in [1.807, 2.05) is 5.10 Å². The lowest BCUT2D eigenvalue weighted by Crippen LogP contribution is -2.09. The first-order valence-electron chi connectivity index (χ1n) is 4.05. The smallest absolute Gasteiger partial charge is 0.273 e. The van der Waals surface area contributed by atoms with Crippen LogP contribution in [0.4, 0.5) is 13.2 Å². The summed E-state index contributed by atoms with van der Waals surface area (Å²) in [5.74, 6) is 0. The van der Waals surface area contributed by atoms with E-state index in [-0.39, 0.29) is 12.0 Å². The summed E-state index contributed by atoms with van der Waals surface area (Å²) >= 11 is 1.32. The van der Waals surface area contributed by atoms with Gasteiger partial charge >= 0.3 is 6.18 Å². The highest BCUT2D eigenvalue weighted by Crippen LogP contribution is 2.31. The molecule has 2 aromatic rings. The molecule has 0 spiro atoms. The zero-order valence-electron chi connectivity index (χ0n) is 7.38. The topological polar surface area (TPSA) is 41.6 Å². The van der Waals surface area contributed by atoms with Gasteiger partial charge in [-0.3, -0.25) is 5.10 Å². The van der Waals surface area contributed by atoms with Crippen LogP contribution in [0.3, 0.4) is 0 Å². The molecular weight excluding hydrogens is 227 g/mol. The average molecular weight is 233 g/mol. The molecule has 0 aromatic carbocycles. The average Bonchev–Trinajstić information content (AvgIpc) is 2.73. The van der Waals surface area contributed by atoms with Gasteiger partial charge in [-0.1, -0.05) is 0 Å². The Kier molecular flexibility index (Phi) is 2.47. The molecule has 0 unspecified atom stereocenters. The van der Waals surface area contributed by atoms with E-state index in [1.54, 1.807) is 11.6 Å². The number of rotatable bonds is 2. The molecule has 0 fully saturated rings. The van der Waals surface area contributed by atoms with Crippen molar-refractivity contribution in [3.8, 4) is 0 Å². The lowest BCUT2D eigenvalue weighted by atomic mass is 10.2. The lowest BCUT2D eigenvalue weighted by molar-refractivity contribution is -0.141. The summed E-state index contributed by atoms with van der Waals surface area (Å²) in [6.07, 6.45) is -1.48. The Balaban J connectivity index is 2.26. The second-order valence-corrected chi connectivity index (χ2v) is 3.85. The van der Waals surface area contributed by atoms with E-state index < -0.39 is 11.9 Å². The van der Waals surface area contributed by atoms with Crippen LogP contribution in [-0.4, -0.2) is 15.2 Å². The van der Waals surface area contributed by atoms with Gasteiger partial charge in [0.05, 0.1) is 11.2 Å². The van der Waals surface area contributed by atoms with E-state index in [0.29, 0.717) is 5.01 Å². The fraction of sp³-hybridized carbons (Fsp3) is 0.250. The standard InChI is InChI=1S/C8H6F3N3S/c9-8(10,11)7-5(4-13-14-7)3-6-12-1-2-15-6/h1-2,4H,3H2,(H,13,14). The molecule has 0 radical (unpaired) electrons. The van der Waals surface area contributed by atoms with Crippen LogP contribution in [0.1, 0.15) is 16.3 Å². The van der Waals surface area contributed by atoms with Gasteiger partial charge in [-0.05, 0) is 0 Å². The van der Waals surface area contributed by atoms with Crippen molar-refractivity contribution in [2.75, 3.05) is 0 Å². The molecule has 0 aliphatic carbocycles. The summed E-state index contributed by atoms with van der Waals surface area (Å²) < 4.78 is 37.3. The molecule has 0 aliphatic rings. The van der Waals surface area contributed by atoms with Crippen molar-refractivity contribution in [3.05, 3.63) is 34.0 Å². The molecule has 2 aromatic heterocycles. The first-order valence-corrected chi connectivity index (χ1v) is 4.93. The molecule has 0 atom stereocenters. The molecule has 1 N–H and O–H groups in total. The summed E-state index contributed by atoms with van der Waals surface area (Å²) in [6.45, 7) is 0. The fourth-order valence-electron chi connectivity index (χ4n) is 1.19. The summed E-state index contributed by atoms with van der Waals surface area (Å²) in [6, 6.07) is 0. The maximum atomic E-state index is 12.4. The van der Waals surface area contributed by atoms with Crippen LogP contribution >= 0.6 is 11.3 Å². The number of alkyl halides is 3. The number of aromatic amines is 1. The molecule has 0 saturated heterocycles. The Morgan fingerprint density at radius 1 is 1.40 bits per heavy atom. The molecule has 0 amide bonds. The van der Waals surface area contributed by atoms with Gasteiger partial charge in [0.2, 0.25) is 0 Å². The fourth-order valence-corrected chi connectivity index (χ4v) is 1.83. The maximum absolute atomic E-state index is 12.4. The third kappa shape index (κ3) is 2.17. The summed E-state index contributed by atoms with van der Waals surface area (Å²) in [7, 11) is 0. The van der Waals surface area contributed by atoms with Crippen LogP contribution in [-0.2, 0) is 12.6 Å². The first-order chi connectivity index (χ1) is 7.07. The molecule has 7 heteroatoms. The van der Waals surface area contributed by atoms with Crippen molar-refractivity contribution in [3.63, 3.8) is 0 Å². The molecule has 2 rings (SSSR count). The highest BCUT2D eigenvalue weighted by molar-refractivity contribution is 7.09. The van der Waals surface area contributed by atoms with Crippen LogP contribution in [0.2, 0.25) is 0 Å². The van der Waals surface area contributed by atoms with Gasteiger partial charge in [0, 0.05) is 23.6 Å². The third-order valence-electron chi connectivity index (χ3n) is 1.83. The van der Waals surface area contributed by atoms with Crippen molar-refractivity contribution in [1.29, 1.82) is 0 Å². The molecular formula is C8H6F3N3S. The van der Waals surface area contributed by atoms with E-state index >= 15 is 0 Å². The zero-order chi connectivity index (χ0) is 10.9. The second-order valence-electron chi connectivity index (χ2n) is 2.87. The third-order valence-corrected chi connectivity index (χ3v) is 2.61. The predicted molar refractivity (Wildman–Crippen MR) is 48.5 cm³/mol. The Morgan fingerprint density at radius 2 is 2.20 bits per heavy atom. The Morgan fingerprint density at radius 3 is 2.80 bits per heavy atom. The first kappa shape index (κ1) is 10.2. The van der Waals surface area contributed by atoms with Gasteiger partial charge in [-0.15, -0.1) is 11.3 Å². The zero-order valence-corrected chi connectivity index (χ0v) is 8.19. The predicted octanol–water partition coefficient (Wildman–Crippen LogP) is 2.48. The van der Waals surface area contributed by atoms with Crippen molar-refractivity contribution < 1.29 is 13.2 Å². The lowest BCUT2D eigenvalue weighted by Gasteiger charge is -2.05. The SMILES string of the molecule is FC(F)(F)c1[nH]ncc1Cc1nccs1. The van der Waals surface area contributed by atoms with Gasteiger partial charge < -0.3 is 0 Å². The van der Waals surface area contributed by atoms with E-state index in [2.05, 4.69) is 10.1 Å². The molecule has 80 valence electrons. The second kappa shape index (κ2) is 3.65. The monoisotopic (exact) mass is 233 g/mol. The van der Waals surface area contributed by atoms with Crippen LogP contribution in [0.25, 0.3) is 0 Å². The molecule has 2 heterocycles. The van der Waals surface area contributed by atoms with Crippen molar-refractivity contribution >= 4 is 11.3 Å². The number of aromatic nitrogens is 3. The van der Waals surface area contributed by atoms with Gasteiger partial charge in [-0.2, -0.15) is 18.3 Å². The van der Waals surface area contributed by atoms with E-state index in [9.17, 15) is 13.2 Å². The van der Waals surface area contributed by atoms with Crippen molar-refractivity contribution in [2.24, 2.45) is 0 Å². The minimum Gasteiger partial charge on any atom is -0.273 e. The minimum atomic E-state index is -4.39. The van der Waals surface area contributed by atoms with E-state index in [4.69, 9.17) is 0 Å². The normalized spacial score (nSPS) is 11.9. The highest BCUT2D eigenvalue weighted by atomic mass is 32.1. The number of H-pyrrole nitrogens is 1. The number of nitrogens with zero attached hydrogens (tertiary/aromatic N) is 2. The van der Waals surface area contributed by atoms with E-state index in [0.717, 1.165) is 0 Å². The van der Waals surface area contributed by atoms with Crippen molar-refractivity contribution in [1.82, 2.24) is 15.2 Å². The number of nitrogens with one attached hydrogen (secondary N) is 1. The Labute approximate surface area is 87.0 Å². The quantitative estimate of drug-likeness (QED) is 0.865. The van der Waals surface area contributed by atoms with Crippen LogP contribution in [0, 0.1) is 0 Å². The number of hydrogen-bond acceptors (Lipinski definition) is 3. The molecule has 15 heavy (non-hydrogen) atoms. The number of halogens is 3. The summed E-state index contributed by atoms with van der Waals surface area (Å²) in [5.41, 5.74) is -0.671. The van der Waals surface area contributed by atoms with Crippen LogP contribution < -0.4 is 0 Å². The van der Waals surface area contributed by atoms with Crippen LogP contribution in [0.15, 0.2) is 17.8 Å². The molecule has 3 nitrogen and oxygen atoms in total. The highest BCUT2D eigenvalue weighted by Gasteiger charge is 2.35. The van der Waals surface area contributed by atoms with Gasteiger partial charge in [0.25, 0.3) is 0 Å². The minimum absolute atomic E-state index is 0.123. The maximum Gasteiger partial charge on any atom is 0.433 e. The Bertz CT molecular complexity index is 432. The largest absolute Gasteiger partial charge is 0.433 e. The number of hydrogen-bond donors (Lipinski definition) is 1. The van der Waals surface area contributed by atoms with Gasteiger partial charge in [-0.25, -0.2) is 4.98 Å².